The van der Waals surface area contributed by atoms with Crippen LogP contribution in [0.3, 0.4) is 0 Å². The van der Waals surface area contributed by atoms with Crippen molar-refractivity contribution in [2.45, 2.75) is 38.3 Å². The third-order valence-electron chi connectivity index (χ3n) is 3.74. The molecule has 0 atom stereocenters. The van der Waals surface area contributed by atoms with Gasteiger partial charge in [0, 0.05) is 18.5 Å². The van der Waals surface area contributed by atoms with Gasteiger partial charge in [0.15, 0.2) is 0 Å². The molecule has 1 amide bonds. The van der Waals surface area contributed by atoms with Gasteiger partial charge in [-0.05, 0) is 37.3 Å². The molecule has 3 N–H and O–H groups in total. The van der Waals surface area contributed by atoms with Crippen LogP contribution in [0.1, 0.15) is 31.2 Å². The number of hydrogen-bond acceptors (Lipinski definition) is 2. The van der Waals surface area contributed by atoms with Crippen LogP contribution in [0, 0.1) is 5.92 Å². The van der Waals surface area contributed by atoms with Crippen molar-refractivity contribution in [1.82, 2.24) is 5.32 Å². The van der Waals surface area contributed by atoms with Crippen molar-refractivity contribution in [2.24, 2.45) is 11.7 Å². The van der Waals surface area contributed by atoms with Crippen LogP contribution in [-0.4, -0.2) is 11.9 Å². The standard InChI is InChI=1S/C14H18Cl2N2O/c15-12-3-1-2-10(13(12)16)8-18-11-6-4-9(5-7-11)14(17)19/h1-3,9,11,18H,4-8H2,(H2,17,19). The molecule has 0 bridgehead atoms. The van der Waals surface area contributed by atoms with E-state index in [1.165, 1.54) is 0 Å². The molecule has 1 fully saturated rings. The largest absolute Gasteiger partial charge is 0.369 e. The lowest BCUT2D eigenvalue weighted by Crippen LogP contribution is -2.36. The number of carbonyl (C=O) groups is 1. The Bertz CT molecular complexity index is 457. The molecule has 19 heavy (non-hydrogen) atoms. The minimum atomic E-state index is -0.170. The van der Waals surface area contributed by atoms with Gasteiger partial charge in [-0.1, -0.05) is 35.3 Å². The summed E-state index contributed by atoms with van der Waals surface area (Å²) in [5, 5.41) is 4.67. The van der Waals surface area contributed by atoms with Crippen molar-refractivity contribution in [3.8, 4) is 0 Å². The summed E-state index contributed by atoms with van der Waals surface area (Å²) in [5.74, 6) is -0.121. The van der Waals surface area contributed by atoms with Gasteiger partial charge < -0.3 is 11.1 Å². The van der Waals surface area contributed by atoms with E-state index < -0.39 is 0 Å². The van der Waals surface area contributed by atoms with Gasteiger partial charge in [-0.25, -0.2) is 0 Å². The normalized spacial score (nSPS) is 23.3. The molecule has 5 heteroatoms. The molecule has 3 nitrogen and oxygen atoms in total. The van der Waals surface area contributed by atoms with Gasteiger partial charge in [0.1, 0.15) is 0 Å². The maximum absolute atomic E-state index is 11.1. The predicted molar refractivity (Wildman–Crippen MR) is 78.2 cm³/mol. The number of primary amides is 1. The highest BCUT2D eigenvalue weighted by atomic mass is 35.5. The Kier molecular flexibility index (Phi) is 5.08. The van der Waals surface area contributed by atoms with Gasteiger partial charge >= 0.3 is 0 Å². The van der Waals surface area contributed by atoms with Gasteiger partial charge in [-0.2, -0.15) is 0 Å². The number of amides is 1. The van der Waals surface area contributed by atoms with E-state index in [-0.39, 0.29) is 11.8 Å². The summed E-state index contributed by atoms with van der Waals surface area (Å²) in [6.07, 6.45) is 3.70. The van der Waals surface area contributed by atoms with Gasteiger partial charge in [0.05, 0.1) is 10.0 Å². The second-order valence-electron chi connectivity index (χ2n) is 5.04. The molecule has 1 aromatic carbocycles. The second-order valence-corrected chi connectivity index (χ2v) is 5.83. The molecule has 0 aliphatic heterocycles. The van der Waals surface area contributed by atoms with Crippen LogP contribution in [0.2, 0.25) is 10.0 Å². The monoisotopic (exact) mass is 300 g/mol. The Balaban J connectivity index is 1.84. The first kappa shape index (κ1) is 14.6. The number of nitrogens with one attached hydrogen (secondary N) is 1. The SMILES string of the molecule is NC(=O)C1CCC(NCc2cccc(Cl)c2Cl)CC1. The molecule has 1 aliphatic carbocycles. The maximum Gasteiger partial charge on any atom is 0.220 e. The van der Waals surface area contributed by atoms with Gasteiger partial charge in [-0.3, -0.25) is 4.79 Å². The number of carbonyl (C=O) groups excluding carboxylic acids is 1. The van der Waals surface area contributed by atoms with E-state index in [9.17, 15) is 4.79 Å². The van der Waals surface area contributed by atoms with Crippen molar-refractivity contribution < 1.29 is 4.79 Å². The minimum absolute atomic E-state index is 0.0489. The van der Waals surface area contributed by atoms with Crippen LogP contribution >= 0.6 is 23.2 Å². The lowest BCUT2D eigenvalue weighted by molar-refractivity contribution is -0.122. The average molecular weight is 301 g/mol. The lowest BCUT2D eigenvalue weighted by Gasteiger charge is -2.27. The first-order valence-corrected chi connectivity index (χ1v) is 7.29. The van der Waals surface area contributed by atoms with Gasteiger partial charge in [-0.15, -0.1) is 0 Å². The minimum Gasteiger partial charge on any atom is -0.369 e. The highest BCUT2D eigenvalue weighted by Crippen LogP contribution is 2.27. The smallest absolute Gasteiger partial charge is 0.220 e. The number of benzene rings is 1. The van der Waals surface area contributed by atoms with Crippen LogP contribution in [0.25, 0.3) is 0 Å². The molecule has 0 spiro atoms. The van der Waals surface area contributed by atoms with Crippen molar-refractivity contribution in [2.75, 3.05) is 0 Å². The highest BCUT2D eigenvalue weighted by molar-refractivity contribution is 6.42. The van der Waals surface area contributed by atoms with E-state index >= 15 is 0 Å². The Labute approximate surface area is 123 Å². The Morgan fingerprint density at radius 2 is 1.95 bits per heavy atom. The van der Waals surface area contributed by atoms with Crippen LogP contribution < -0.4 is 11.1 Å². The first-order chi connectivity index (χ1) is 9.08. The van der Waals surface area contributed by atoms with Gasteiger partial charge in [0.25, 0.3) is 0 Å². The third-order valence-corrected chi connectivity index (χ3v) is 4.60. The van der Waals surface area contributed by atoms with Crippen molar-refractivity contribution >= 4 is 29.1 Å². The Morgan fingerprint density at radius 1 is 1.26 bits per heavy atom. The molecule has 0 aromatic heterocycles. The summed E-state index contributed by atoms with van der Waals surface area (Å²) in [5.41, 5.74) is 6.33. The summed E-state index contributed by atoms with van der Waals surface area (Å²) in [6.45, 7) is 0.700. The summed E-state index contributed by atoms with van der Waals surface area (Å²) >= 11 is 12.1. The third kappa shape index (κ3) is 3.85. The van der Waals surface area contributed by atoms with Gasteiger partial charge in [0.2, 0.25) is 5.91 Å². The molecule has 1 aromatic rings. The molecule has 0 radical (unpaired) electrons. The highest BCUT2D eigenvalue weighted by Gasteiger charge is 2.24. The average Bonchev–Trinajstić information content (AvgIpc) is 2.41. The summed E-state index contributed by atoms with van der Waals surface area (Å²) in [6, 6.07) is 6.07. The lowest BCUT2D eigenvalue weighted by atomic mass is 9.85. The van der Waals surface area contributed by atoms with Crippen molar-refractivity contribution in [3.63, 3.8) is 0 Å². The first-order valence-electron chi connectivity index (χ1n) is 6.53. The van der Waals surface area contributed by atoms with Crippen molar-refractivity contribution in [3.05, 3.63) is 33.8 Å². The van der Waals surface area contributed by atoms with E-state index in [0.29, 0.717) is 22.6 Å². The van der Waals surface area contributed by atoms with E-state index in [4.69, 9.17) is 28.9 Å². The quantitative estimate of drug-likeness (QED) is 0.897. The number of nitrogens with two attached hydrogens (primary N) is 1. The molecule has 0 unspecified atom stereocenters. The molecule has 0 heterocycles. The molecule has 1 saturated carbocycles. The zero-order chi connectivity index (χ0) is 13.8. The Morgan fingerprint density at radius 3 is 2.58 bits per heavy atom. The molecular weight excluding hydrogens is 283 g/mol. The number of hydrogen-bond donors (Lipinski definition) is 2. The number of rotatable bonds is 4. The molecule has 104 valence electrons. The second kappa shape index (κ2) is 6.60. The summed E-state index contributed by atoms with van der Waals surface area (Å²) in [7, 11) is 0. The molecule has 1 aliphatic rings. The Hall–Kier alpha value is -0.770. The molecule has 0 saturated heterocycles. The predicted octanol–water partition coefficient (Wildman–Crippen LogP) is 3.13. The van der Waals surface area contributed by atoms with E-state index in [1.54, 1.807) is 6.07 Å². The zero-order valence-electron chi connectivity index (χ0n) is 10.7. The van der Waals surface area contributed by atoms with Crippen LogP contribution in [0.4, 0.5) is 0 Å². The number of halogens is 2. The van der Waals surface area contributed by atoms with E-state index in [2.05, 4.69) is 5.32 Å². The van der Waals surface area contributed by atoms with E-state index in [0.717, 1.165) is 31.2 Å². The fraction of sp³-hybridized carbons (Fsp3) is 0.500. The fourth-order valence-electron chi connectivity index (χ4n) is 2.52. The summed E-state index contributed by atoms with van der Waals surface area (Å²) < 4.78 is 0. The van der Waals surface area contributed by atoms with Crippen LogP contribution in [0.15, 0.2) is 18.2 Å². The molecule has 2 rings (SSSR count). The van der Waals surface area contributed by atoms with Crippen molar-refractivity contribution in [1.29, 1.82) is 0 Å². The molecular formula is C14H18Cl2N2O. The zero-order valence-corrected chi connectivity index (χ0v) is 12.2. The van der Waals surface area contributed by atoms with Crippen LogP contribution in [-0.2, 0) is 11.3 Å². The van der Waals surface area contributed by atoms with E-state index in [1.807, 2.05) is 12.1 Å². The maximum atomic E-state index is 11.1. The fourth-order valence-corrected chi connectivity index (χ4v) is 2.91. The topological polar surface area (TPSA) is 55.1 Å². The summed E-state index contributed by atoms with van der Waals surface area (Å²) in [4.78, 5) is 11.1. The van der Waals surface area contributed by atoms with Crippen LogP contribution in [0.5, 0.6) is 0 Å².